The van der Waals surface area contributed by atoms with Crippen LogP contribution in [0.5, 0.6) is 5.75 Å². The smallest absolute Gasteiger partial charge is 0.253 e. The van der Waals surface area contributed by atoms with Crippen molar-refractivity contribution in [1.82, 2.24) is 10.2 Å². The molecule has 0 unspecified atom stereocenters. The van der Waals surface area contributed by atoms with Crippen LogP contribution in [-0.2, 0) is 0 Å². The molecular formula is C14H20N2O2. The first-order valence-electron chi connectivity index (χ1n) is 6.35. The Morgan fingerprint density at radius 3 is 2.39 bits per heavy atom. The third-order valence-electron chi connectivity index (χ3n) is 3.53. The molecule has 0 radical (unpaired) electrons. The third kappa shape index (κ3) is 2.82. The van der Waals surface area contributed by atoms with Gasteiger partial charge in [-0.25, -0.2) is 0 Å². The molecule has 1 N–H and O–H groups in total. The predicted molar refractivity (Wildman–Crippen MR) is 71.0 cm³/mol. The molecule has 1 aromatic carbocycles. The Balaban J connectivity index is 1.98. The van der Waals surface area contributed by atoms with Gasteiger partial charge in [0.15, 0.2) is 0 Å². The zero-order valence-electron chi connectivity index (χ0n) is 11.0. The van der Waals surface area contributed by atoms with Gasteiger partial charge in [0.05, 0.1) is 7.11 Å². The van der Waals surface area contributed by atoms with Gasteiger partial charge in [-0.15, -0.1) is 0 Å². The molecule has 1 amide bonds. The topological polar surface area (TPSA) is 41.6 Å². The number of rotatable bonds is 3. The number of carbonyl (C=O) groups excluding carboxylic acids is 1. The fourth-order valence-corrected chi connectivity index (χ4v) is 2.29. The van der Waals surface area contributed by atoms with E-state index < -0.39 is 0 Å². The average Bonchev–Trinajstić information content (AvgIpc) is 2.47. The third-order valence-corrected chi connectivity index (χ3v) is 3.53. The molecule has 1 saturated heterocycles. The van der Waals surface area contributed by atoms with Crippen LogP contribution in [0.1, 0.15) is 23.2 Å². The quantitative estimate of drug-likeness (QED) is 0.881. The molecule has 1 aliphatic heterocycles. The first-order chi connectivity index (χ1) is 8.74. The molecule has 1 aliphatic rings. The van der Waals surface area contributed by atoms with Crippen LogP contribution in [0.3, 0.4) is 0 Å². The number of piperidine rings is 1. The number of carbonyl (C=O) groups is 1. The van der Waals surface area contributed by atoms with Crippen LogP contribution in [0.25, 0.3) is 0 Å². The second-order valence-electron chi connectivity index (χ2n) is 4.58. The van der Waals surface area contributed by atoms with E-state index in [0.717, 1.165) is 37.2 Å². The van der Waals surface area contributed by atoms with E-state index >= 15 is 0 Å². The van der Waals surface area contributed by atoms with Crippen molar-refractivity contribution in [2.24, 2.45) is 0 Å². The molecule has 1 heterocycles. The summed E-state index contributed by atoms with van der Waals surface area (Å²) in [5.74, 6) is 0.896. The van der Waals surface area contributed by atoms with Crippen molar-refractivity contribution >= 4 is 5.91 Å². The van der Waals surface area contributed by atoms with E-state index in [4.69, 9.17) is 4.74 Å². The summed E-state index contributed by atoms with van der Waals surface area (Å²) in [6.45, 7) is 1.66. The largest absolute Gasteiger partial charge is 0.497 e. The van der Waals surface area contributed by atoms with Gasteiger partial charge in [-0.05, 0) is 44.2 Å². The molecule has 0 aromatic heterocycles. The fourth-order valence-electron chi connectivity index (χ4n) is 2.29. The zero-order valence-corrected chi connectivity index (χ0v) is 11.0. The van der Waals surface area contributed by atoms with Gasteiger partial charge in [0.2, 0.25) is 0 Å². The number of hydrogen-bond acceptors (Lipinski definition) is 3. The Morgan fingerprint density at radius 2 is 1.89 bits per heavy atom. The molecule has 0 saturated carbocycles. The van der Waals surface area contributed by atoms with Crippen LogP contribution in [-0.4, -0.2) is 44.1 Å². The van der Waals surface area contributed by atoms with E-state index in [1.165, 1.54) is 0 Å². The van der Waals surface area contributed by atoms with E-state index in [-0.39, 0.29) is 5.91 Å². The van der Waals surface area contributed by atoms with Crippen LogP contribution < -0.4 is 10.1 Å². The average molecular weight is 248 g/mol. The molecule has 18 heavy (non-hydrogen) atoms. The number of ether oxygens (including phenoxy) is 1. The minimum Gasteiger partial charge on any atom is -0.497 e. The molecule has 1 aromatic rings. The maximum absolute atomic E-state index is 12.3. The summed E-state index contributed by atoms with van der Waals surface area (Å²) in [4.78, 5) is 14.2. The molecule has 2 rings (SSSR count). The highest BCUT2D eigenvalue weighted by atomic mass is 16.5. The molecule has 1 fully saturated rings. The molecule has 0 spiro atoms. The maximum Gasteiger partial charge on any atom is 0.253 e. The lowest BCUT2D eigenvalue weighted by atomic mass is 10.0. The lowest BCUT2D eigenvalue weighted by Crippen LogP contribution is -2.43. The fraction of sp³-hybridized carbons (Fsp3) is 0.500. The van der Waals surface area contributed by atoms with Crippen LogP contribution in [0.4, 0.5) is 0 Å². The highest BCUT2D eigenvalue weighted by Gasteiger charge is 2.22. The van der Waals surface area contributed by atoms with Gasteiger partial charge in [0.1, 0.15) is 5.75 Å². The normalized spacial score (nSPS) is 16.7. The number of likely N-dealkylation sites (tertiary alicyclic amines) is 1. The SMILES string of the molecule is CNC1CCN(C(=O)c2ccc(OC)cc2)CC1. The number of nitrogens with one attached hydrogen (secondary N) is 1. The number of methoxy groups -OCH3 is 1. The van der Waals surface area contributed by atoms with E-state index in [1.807, 2.05) is 36.2 Å². The van der Waals surface area contributed by atoms with Crippen molar-refractivity contribution < 1.29 is 9.53 Å². The van der Waals surface area contributed by atoms with E-state index in [1.54, 1.807) is 7.11 Å². The molecule has 0 atom stereocenters. The molecule has 0 aliphatic carbocycles. The maximum atomic E-state index is 12.3. The minimum absolute atomic E-state index is 0.118. The lowest BCUT2D eigenvalue weighted by molar-refractivity contribution is 0.0707. The summed E-state index contributed by atoms with van der Waals surface area (Å²) >= 11 is 0. The van der Waals surface area contributed by atoms with E-state index in [9.17, 15) is 4.79 Å². The molecule has 4 nitrogen and oxygen atoms in total. The van der Waals surface area contributed by atoms with Crippen LogP contribution in [0, 0.1) is 0 Å². The van der Waals surface area contributed by atoms with Gasteiger partial charge >= 0.3 is 0 Å². The predicted octanol–water partition coefficient (Wildman–Crippen LogP) is 1.52. The Bertz CT molecular complexity index is 395. The van der Waals surface area contributed by atoms with Crippen LogP contribution in [0.2, 0.25) is 0 Å². The highest BCUT2D eigenvalue weighted by Crippen LogP contribution is 2.16. The van der Waals surface area contributed by atoms with Crippen molar-refractivity contribution in [1.29, 1.82) is 0 Å². The van der Waals surface area contributed by atoms with E-state index in [0.29, 0.717) is 6.04 Å². The first-order valence-corrected chi connectivity index (χ1v) is 6.35. The minimum atomic E-state index is 0.118. The van der Waals surface area contributed by atoms with Gasteiger partial charge in [-0.3, -0.25) is 4.79 Å². The van der Waals surface area contributed by atoms with Crippen molar-refractivity contribution in [2.75, 3.05) is 27.2 Å². The van der Waals surface area contributed by atoms with Gasteiger partial charge in [-0.1, -0.05) is 0 Å². The number of benzene rings is 1. The molecular weight excluding hydrogens is 228 g/mol. The van der Waals surface area contributed by atoms with Crippen molar-refractivity contribution in [3.63, 3.8) is 0 Å². The number of nitrogens with zero attached hydrogens (tertiary/aromatic N) is 1. The summed E-state index contributed by atoms with van der Waals surface area (Å²) < 4.78 is 5.09. The van der Waals surface area contributed by atoms with Gasteiger partial charge in [-0.2, -0.15) is 0 Å². The Morgan fingerprint density at radius 1 is 1.28 bits per heavy atom. The van der Waals surface area contributed by atoms with Gasteiger partial charge in [0.25, 0.3) is 5.91 Å². The highest BCUT2D eigenvalue weighted by molar-refractivity contribution is 5.94. The zero-order chi connectivity index (χ0) is 13.0. The summed E-state index contributed by atoms with van der Waals surface area (Å²) in [6, 6.07) is 7.85. The van der Waals surface area contributed by atoms with Gasteiger partial charge < -0.3 is 15.0 Å². The summed E-state index contributed by atoms with van der Waals surface area (Å²) in [6.07, 6.45) is 2.05. The van der Waals surface area contributed by atoms with Crippen LogP contribution >= 0.6 is 0 Å². The summed E-state index contributed by atoms with van der Waals surface area (Å²) in [5.41, 5.74) is 0.735. The van der Waals surface area contributed by atoms with Crippen molar-refractivity contribution in [3.8, 4) is 5.75 Å². The van der Waals surface area contributed by atoms with Crippen molar-refractivity contribution in [2.45, 2.75) is 18.9 Å². The molecule has 98 valence electrons. The summed E-state index contributed by atoms with van der Waals surface area (Å²) in [5, 5.41) is 3.26. The number of hydrogen-bond donors (Lipinski definition) is 1. The Kier molecular flexibility index (Phi) is 4.20. The monoisotopic (exact) mass is 248 g/mol. The Labute approximate surface area is 108 Å². The van der Waals surface area contributed by atoms with Crippen molar-refractivity contribution in [3.05, 3.63) is 29.8 Å². The summed E-state index contributed by atoms with van der Waals surface area (Å²) in [7, 11) is 3.60. The lowest BCUT2D eigenvalue weighted by Gasteiger charge is -2.31. The number of amides is 1. The Hall–Kier alpha value is -1.55. The van der Waals surface area contributed by atoms with E-state index in [2.05, 4.69) is 5.32 Å². The first kappa shape index (κ1) is 12.9. The van der Waals surface area contributed by atoms with Crippen LogP contribution in [0.15, 0.2) is 24.3 Å². The van der Waals surface area contributed by atoms with Gasteiger partial charge in [0, 0.05) is 24.7 Å². The second kappa shape index (κ2) is 5.87. The standard InChI is InChI=1S/C14H20N2O2/c1-15-12-7-9-16(10-8-12)14(17)11-3-5-13(18-2)6-4-11/h3-6,12,15H,7-10H2,1-2H3. The molecule has 4 heteroatoms. The second-order valence-corrected chi connectivity index (χ2v) is 4.58. The molecule has 0 bridgehead atoms.